The molecule has 1 N–H and O–H groups in total. The van der Waals surface area contributed by atoms with Crippen LogP contribution in [-0.2, 0) is 11.2 Å². The quantitative estimate of drug-likeness (QED) is 0.736. The summed E-state index contributed by atoms with van der Waals surface area (Å²) in [5.41, 5.74) is 0.933. The molecule has 1 unspecified atom stereocenters. The summed E-state index contributed by atoms with van der Waals surface area (Å²) < 4.78 is 0. The van der Waals surface area contributed by atoms with E-state index in [1.54, 1.807) is 17.7 Å². The van der Waals surface area contributed by atoms with Gasteiger partial charge in [0.2, 0.25) is 5.91 Å². The first kappa shape index (κ1) is 17.4. The molecule has 1 atom stereocenters. The van der Waals surface area contributed by atoms with Crippen molar-refractivity contribution in [2.75, 3.05) is 23.3 Å². The third-order valence-corrected chi connectivity index (χ3v) is 6.71. The van der Waals surface area contributed by atoms with Crippen LogP contribution in [0.5, 0.6) is 0 Å². The zero-order valence-corrected chi connectivity index (χ0v) is 16.5. The SMILES string of the molecule is CCc1cc2c(N3CCCC(C(=O)Nc4nc(C)cs4)C3)ncnc2s1. The lowest BCUT2D eigenvalue weighted by molar-refractivity contribution is -0.120. The van der Waals surface area contributed by atoms with Gasteiger partial charge in [-0.1, -0.05) is 6.92 Å². The highest BCUT2D eigenvalue weighted by atomic mass is 32.1. The number of amides is 1. The number of nitrogens with one attached hydrogen (secondary N) is 1. The van der Waals surface area contributed by atoms with Crippen molar-refractivity contribution in [3.63, 3.8) is 0 Å². The highest BCUT2D eigenvalue weighted by molar-refractivity contribution is 7.18. The Hall–Kier alpha value is -2.06. The molecule has 0 radical (unpaired) electrons. The molecular formula is C18H21N5OS2. The van der Waals surface area contributed by atoms with Crippen LogP contribution in [-0.4, -0.2) is 33.9 Å². The summed E-state index contributed by atoms with van der Waals surface area (Å²) in [6.07, 6.45) is 4.50. The van der Waals surface area contributed by atoms with Crippen molar-refractivity contribution in [2.45, 2.75) is 33.1 Å². The molecule has 1 amide bonds. The Morgan fingerprint density at radius 3 is 3.08 bits per heavy atom. The molecule has 1 fully saturated rings. The van der Waals surface area contributed by atoms with Crippen LogP contribution in [0.3, 0.4) is 0 Å². The molecule has 0 spiro atoms. The van der Waals surface area contributed by atoms with Crippen LogP contribution >= 0.6 is 22.7 Å². The Bertz CT molecular complexity index is 935. The van der Waals surface area contributed by atoms with Gasteiger partial charge in [-0.2, -0.15) is 0 Å². The van der Waals surface area contributed by atoms with E-state index in [-0.39, 0.29) is 11.8 Å². The molecular weight excluding hydrogens is 366 g/mol. The number of thiazole rings is 1. The van der Waals surface area contributed by atoms with Crippen LogP contribution in [0.15, 0.2) is 17.8 Å². The minimum absolute atomic E-state index is 0.0499. The second-order valence-corrected chi connectivity index (χ2v) is 8.52. The van der Waals surface area contributed by atoms with Crippen molar-refractivity contribution in [2.24, 2.45) is 5.92 Å². The van der Waals surface area contributed by atoms with Crippen LogP contribution in [0.1, 0.15) is 30.3 Å². The topological polar surface area (TPSA) is 71.0 Å². The summed E-state index contributed by atoms with van der Waals surface area (Å²) in [6.45, 7) is 5.68. The van der Waals surface area contributed by atoms with Crippen LogP contribution in [0.25, 0.3) is 10.2 Å². The first-order valence-corrected chi connectivity index (χ1v) is 10.5. The Morgan fingerprint density at radius 1 is 1.42 bits per heavy atom. The minimum atomic E-state index is -0.0535. The van der Waals surface area contributed by atoms with Gasteiger partial charge in [-0.05, 0) is 32.3 Å². The van der Waals surface area contributed by atoms with Crippen molar-refractivity contribution >= 4 is 49.7 Å². The fourth-order valence-electron chi connectivity index (χ4n) is 3.32. The number of aryl methyl sites for hydroxylation is 2. The number of thiophene rings is 1. The Kier molecular flexibility index (Phi) is 4.86. The van der Waals surface area contributed by atoms with E-state index in [0.717, 1.165) is 47.5 Å². The van der Waals surface area contributed by atoms with E-state index < -0.39 is 0 Å². The van der Waals surface area contributed by atoms with E-state index in [9.17, 15) is 4.79 Å². The van der Waals surface area contributed by atoms with Crippen LogP contribution in [0.2, 0.25) is 0 Å². The van der Waals surface area contributed by atoms with E-state index in [1.165, 1.54) is 16.2 Å². The van der Waals surface area contributed by atoms with Gasteiger partial charge in [-0.25, -0.2) is 15.0 Å². The summed E-state index contributed by atoms with van der Waals surface area (Å²) in [7, 11) is 0. The number of hydrogen-bond acceptors (Lipinski definition) is 7. The van der Waals surface area contributed by atoms with Gasteiger partial charge in [-0.3, -0.25) is 4.79 Å². The lowest BCUT2D eigenvalue weighted by Crippen LogP contribution is -2.41. The Morgan fingerprint density at radius 2 is 2.31 bits per heavy atom. The lowest BCUT2D eigenvalue weighted by Gasteiger charge is -2.32. The van der Waals surface area contributed by atoms with Crippen molar-refractivity contribution in [3.8, 4) is 0 Å². The predicted octanol–water partition coefficient (Wildman–Crippen LogP) is 3.87. The molecule has 1 aliphatic heterocycles. The van der Waals surface area contributed by atoms with E-state index in [4.69, 9.17) is 0 Å². The number of carbonyl (C=O) groups is 1. The number of nitrogens with zero attached hydrogens (tertiary/aromatic N) is 4. The highest BCUT2D eigenvalue weighted by Crippen LogP contribution is 2.32. The highest BCUT2D eigenvalue weighted by Gasteiger charge is 2.28. The van der Waals surface area contributed by atoms with Crippen LogP contribution < -0.4 is 10.2 Å². The first-order valence-electron chi connectivity index (χ1n) is 8.85. The lowest BCUT2D eigenvalue weighted by atomic mass is 9.97. The van der Waals surface area contributed by atoms with Crippen LogP contribution in [0.4, 0.5) is 10.9 Å². The van der Waals surface area contributed by atoms with Gasteiger partial charge in [0.25, 0.3) is 0 Å². The van der Waals surface area contributed by atoms with E-state index in [2.05, 4.69) is 38.2 Å². The zero-order chi connectivity index (χ0) is 18.1. The summed E-state index contributed by atoms with van der Waals surface area (Å²) >= 11 is 3.19. The molecule has 136 valence electrons. The minimum Gasteiger partial charge on any atom is -0.355 e. The molecule has 3 aromatic rings. The van der Waals surface area contributed by atoms with Gasteiger partial charge in [-0.15, -0.1) is 22.7 Å². The van der Waals surface area contributed by atoms with Crippen LogP contribution in [0, 0.1) is 12.8 Å². The maximum Gasteiger partial charge on any atom is 0.231 e. The molecule has 3 aromatic heterocycles. The van der Waals surface area contributed by atoms with E-state index >= 15 is 0 Å². The number of aromatic nitrogens is 3. The monoisotopic (exact) mass is 387 g/mol. The fourth-order valence-corrected chi connectivity index (χ4v) is 4.94. The van der Waals surface area contributed by atoms with Gasteiger partial charge in [0.05, 0.1) is 17.0 Å². The average molecular weight is 388 g/mol. The standard InChI is InChI=1S/C18H21N5OS2/c1-3-13-7-14-15(19-10-20-17(14)26-13)23-6-4-5-12(8-23)16(24)22-18-21-11(2)9-25-18/h7,9-10,12H,3-6,8H2,1-2H3,(H,21,22,24). The second-order valence-electron chi connectivity index (χ2n) is 6.55. The maximum atomic E-state index is 12.7. The third kappa shape index (κ3) is 3.43. The van der Waals surface area contributed by atoms with Gasteiger partial charge >= 0.3 is 0 Å². The summed E-state index contributed by atoms with van der Waals surface area (Å²) in [4.78, 5) is 30.5. The molecule has 4 heterocycles. The molecule has 0 saturated carbocycles. The number of fused-ring (bicyclic) bond motifs is 1. The van der Waals surface area contributed by atoms with Gasteiger partial charge in [0.15, 0.2) is 5.13 Å². The van der Waals surface area contributed by atoms with Gasteiger partial charge < -0.3 is 10.2 Å². The number of carbonyl (C=O) groups excluding carboxylic acids is 1. The molecule has 1 saturated heterocycles. The maximum absolute atomic E-state index is 12.7. The summed E-state index contributed by atoms with van der Waals surface area (Å²) in [5.74, 6) is 0.949. The molecule has 6 nitrogen and oxygen atoms in total. The number of piperidine rings is 1. The molecule has 0 bridgehead atoms. The van der Waals surface area contributed by atoms with Crippen molar-refractivity contribution in [3.05, 3.63) is 28.3 Å². The van der Waals surface area contributed by atoms with Crippen molar-refractivity contribution < 1.29 is 4.79 Å². The molecule has 1 aliphatic rings. The number of hydrogen-bond donors (Lipinski definition) is 1. The number of anilines is 2. The smallest absolute Gasteiger partial charge is 0.231 e. The fraction of sp³-hybridized carbons (Fsp3) is 0.444. The van der Waals surface area contributed by atoms with Crippen molar-refractivity contribution in [1.82, 2.24) is 15.0 Å². The third-order valence-electron chi connectivity index (χ3n) is 4.65. The number of rotatable bonds is 4. The van der Waals surface area contributed by atoms with Crippen molar-refractivity contribution in [1.29, 1.82) is 0 Å². The first-order chi connectivity index (χ1) is 12.6. The average Bonchev–Trinajstić information content (AvgIpc) is 3.27. The molecule has 4 rings (SSSR count). The van der Waals surface area contributed by atoms with Gasteiger partial charge in [0.1, 0.15) is 17.0 Å². The molecule has 0 aliphatic carbocycles. The summed E-state index contributed by atoms with van der Waals surface area (Å²) in [6, 6.07) is 2.19. The molecule has 0 aromatic carbocycles. The zero-order valence-electron chi connectivity index (χ0n) is 14.9. The van der Waals surface area contributed by atoms with E-state index in [1.807, 2.05) is 12.3 Å². The van der Waals surface area contributed by atoms with E-state index in [0.29, 0.717) is 11.7 Å². The molecule has 26 heavy (non-hydrogen) atoms. The Balaban J connectivity index is 1.53. The largest absolute Gasteiger partial charge is 0.355 e. The summed E-state index contributed by atoms with van der Waals surface area (Å²) in [5, 5.41) is 6.70. The van der Waals surface area contributed by atoms with Gasteiger partial charge in [0, 0.05) is 23.3 Å². The Labute approximate surface area is 160 Å². The molecule has 8 heteroatoms. The normalized spacial score (nSPS) is 17.6. The predicted molar refractivity (Wildman–Crippen MR) is 107 cm³/mol. The second kappa shape index (κ2) is 7.28.